The minimum absolute atomic E-state index is 0.751. The lowest BCUT2D eigenvalue weighted by Crippen LogP contribution is -2.43. The maximum absolute atomic E-state index is 5.44. The summed E-state index contributed by atoms with van der Waals surface area (Å²) in [5.74, 6) is 2.56. The van der Waals surface area contributed by atoms with Crippen molar-refractivity contribution in [3.63, 3.8) is 0 Å². The molecule has 0 bridgehead atoms. The number of nitrogens with one attached hydrogen (secondary N) is 1. The molecule has 2 rings (SSSR count). The summed E-state index contributed by atoms with van der Waals surface area (Å²) in [4.78, 5) is 0. The normalized spacial score (nSPS) is 15.7. The monoisotopic (exact) mass is 221 g/mol. The van der Waals surface area contributed by atoms with Crippen molar-refractivity contribution in [3.05, 3.63) is 23.3 Å². The Morgan fingerprint density at radius 1 is 1.25 bits per heavy atom. The Bertz CT molecular complexity index is 372. The molecule has 0 radical (unpaired) electrons. The molecule has 1 aliphatic rings. The Balaban J connectivity index is 2.26. The van der Waals surface area contributed by atoms with E-state index in [2.05, 4.69) is 18.3 Å². The van der Waals surface area contributed by atoms with Gasteiger partial charge in [0.15, 0.2) is 0 Å². The van der Waals surface area contributed by atoms with Crippen LogP contribution in [0.25, 0.3) is 0 Å². The maximum atomic E-state index is 5.44. The molecule has 0 spiro atoms. The van der Waals surface area contributed by atoms with Gasteiger partial charge in [-0.2, -0.15) is 0 Å². The molecule has 16 heavy (non-hydrogen) atoms. The molecule has 0 amide bonds. The summed E-state index contributed by atoms with van der Waals surface area (Å²) in [6.45, 7) is 4.36. The summed E-state index contributed by atoms with van der Waals surface area (Å²) in [5.41, 5.74) is 2.57. The number of benzene rings is 1. The zero-order chi connectivity index (χ0) is 11.5. The van der Waals surface area contributed by atoms with Crippen molar-refractivity contribution in [1.82, 2.24) is 5.32 Å². The van der Waals surface area contributed by atoms with E-state index in [4.69, 9.17) is 9.47 Å². The SMILES string of the molecule is COc1cc(C)c(CC2CNC2)c(OC)c1. The molecule has 0 aromatic heterocycles. The zero-order valence-corrected chi connectivity index (χ0v) is 10.2. The van der Waals surface area contributed by atoms with Crippen LogP contribution in [-0.4, -0.2) is 27.3 Å². The van der Waals surface area contributed by atoms with Gasteiger partial charge in [0.05, 0.1) is 14.2 Å². The Morgan fingerprint density at radius 2 is 2.00 bits per heavy atom. The summed E-state index contributed by atoms with van der Waals surface area (Å²) < 4.78 is 10.7. The minimum Gasteiger partial charge on any atom is -0.497 e. The first-order valence-corrected chi connectivity index (χ1v) is 5.66. The molecule has 0 unspecified atom stereocenters. The first-order valence-electron chi connectivity index (χ1n) is 5.66. The lowest BCUT2D eigenvalue weighted by molar-refractivity contribution is 0.336. The number of rotatable bonds is 4. The fourth-order valence-corrected chi connectivity index (χ4v) is 2.10. The maximum Gasteiger partial charge on any atom is 0.126 e. The van der Waals surface area contributed by atoms with Crippen LogP contribution in [0.1, 0.15) is 11.1 Å². The molecule has 1 aromatic carbocycles. The van der Waals surface area contributed by atoms with Gasteiger partial charge in [-0.25, -0.2) is 0 Å². The van der Waals surface area contributed by atoms with Crippen molar-refractivity contribution in [1.29, 1.82) is 0 Å². The fraction of sp³-hybridized carbons (Fsp3) is 0.538. The molecular weight excluding hydrogens is 202 g/mol. The van der Waals surface area contributed by atoms with Crippen LogP contribution < -0.4 is 14.8 Å². The van der Waals surface area contributed by atoms with E-state index in [9.17, 15) is 0 Å². The highest BCUT2D eigenvalue weighted by atomic mass is 16.5. The molecule has 3 nitrogen and oxygen atoms in total. The number of methoxy groups -OCH3 is 2. The lowest BCUT2D eigenvalue weighted by Gasteiger charge is -2.28. The van der Waals surface area contributed by atoms with Crippen molar-refractivity contribution in [2.24, 2.45) is 5.92 Å². The average Bonchev–Trinajstić information content (AvgIpc) is 2.23. The predicted octanol–water partition coefficient (Wildman–Crippen LogP) is 1.77. The Morgan fingerprint density at radius 3 is 2.50 bits per heavy atom. The molecule has 1 aliphatic heterocycles. The standard InChI is InChI=1S/C13H19NO2/c1-9-4-11(15-2)6-13(16-3)12(9)5-10-7-14-8-10/h4,6,10,14H,5,7-8H2,1-3H3. The second-order valence-electron chi connectivity index (χ2n) is 4.35. The lowest BCUT2D eigenvalue weighted by atomic mass is 9.91. The van der Waals surface area contributed by atoms with Gasteiger partial charge in [0, 0.05) is 6.07 Å². The number of hydrogen-bond acceptors (Lipinski definition) is 3. The van der Waals surface area contributed by atoms with E-state index in [0.717, 1.165) is 36.9 Å². The van der Waals surface area contributed by atoms with E-state index in [0.29, 0.717) is 0 Å². The topological polar surface area (TPSA) is 30.5 Å². The third kappa shape index (κ3) is 2.14. The molecule has 0 aliphatic carbocycles. The van der Waals surface area contributed by atoms with E-state index < -0.39 is 0 Å². The van der Waals surface area contributed by atoms with E-state index in [1.54, 1.807) is 14.2 Å². The Kier molecular flexibility index (Phi) is 3.34. The molecule has 3 heteroatoms. The van der Waals surface area contributed by atoms with Crippen molar-refractivity contribution in [3.8, 4) is 11.5 Å². The quantitative estimate of drug-likeness (QED) is 0.840. The summed E-state index contributed by atoms with van der Waals surface area (Å²) in [5, 5.41) is 3.30. The second kappa shape index (κ2) is 4.74. The highest BCUT2D eigenvalue weighted by Crippen LogP contribution is 2.30. The van der Waals surface area contributed by atoms with Gasteiger partial charge in [0.2, 0.25) is 0 Å². The molecule has 1 N–H and O–H groups in total. The van der Waals surface area contributed by atoms with Gasteiger partial charge in [-0.05, 0) is 49.5 Å². The van der Waals surface area contributed by atoms with Crippen LogP contribution in [-0.2, 0) is 6.42 Å². The third-order valence-corrected chi connectivity index (χ3v) is 3.22. The van der Waals surface area contributed by atoms with Crippen LogP contribution in [0.15, 0.2) is 12.1 Å². The van der Waals surface area contributed by atoms with Crippen LogP contribution in [0, 0.1) is 12.8 Å². The van der Waals surface area contributed by atoms with E-state index >= 15 is 0 Å². The van der Waals surface area contributed by atoms with Crippen LogP contribution >= 0.6 is 0 Å². The zero-order valence-electron chi connectivity index (χ0n) is 10.2. The van der Waals surface area contributed by atoms with Gasteiger partial charge >= 0.3 is 0 Å². The molecule has 88 valence electrons. The first-order chi connectivity index (χ1) is 7.74. The van der Waals surface area contributed by atoms with Crippen molar-refractivity contribution < 1.29 is 9.47 Å². The average molecular weight is 221 g/mol. The van der Waals surface area contributed by atoms with Crippen molar-refractivity contribution in [2.45, 2.75) is 13.3 Å². The van der Waals surface area contributed by atoms with Crippen LogP contribution in [0.3, 0.4) is 0 Å². The molecule has 1 fully saturated rings. The Hall–Kier alpha value is -1.22. The van der Waals surface area contributed by atoms with Gasteiger partial charge in [-0.15, -0.1) is 0 Å². The Labute approximate surface area is 96.8 Å². The minimum atomic E-state index is 0.751. The third-order valence-electron chi connectivity index (χ3n) is 3.22. The second-order valence-corrected chi connectivity index (χ2v) is 4.35. The fourth-order valence-electron chi connectivity index (χ4n) is 2.10. The van der Waals surface area contributed by atoms with Crippen LogP contribution in [0.2, 0.25) is 0 Å². The van der Waals surface area contributed by atoms with Gasteiger partial charge in [0.25, 0.3) is 0 Å². The molecule has 1 heterocycles. The molecule has 0 atom stereocenters. The van der Waals surface area contributed by atoms with E-state index in [1.807, 2.05) is 6.07 Å². The van der Waals surface area contributed by atoms with Crippen molar-refractivity contribution >= 4 is 0 Å². The van der Waals surface area contributed by atoms with Gasteiger partial charge < -0.3 is 14.8 Å². The van der Waals surface area contributed by atoms with Crippen molar-refractivity contribution in [2.75, 3.05) is 27.3 Å². The highest BCUT2D eigenvalue weighted by molar-refractivity contribution is 5.46. The van der Waals surface area contributed by atoms with Crippen LogP contribution in [0.4, 0.5) is 0 Å². The molecular formula is C13H19NO2. The van der Waals surface area contributed by atoms with Gasteiger partial charge in [-0.1, -0.05) is 0 Å². The van der Waals surface area contributed by atoms with Gasteiger partial charge in [-0.3, -0.25) is 0 Å². The largest absolute Gasteiger partial charge is 0.497 e. The van der Waals surface area contributed by atoms with E-state index in [1.165, 1.54) is 11.1 Å². The first kappa shape index (κ1) is 11.3. The van der Waals surface area contributed by atoms with E-state index in [-0.39, 0.29) is 0 Å². The molecule has 1 saturated heterocycles. The summed E-state index contributed by atoms with van der Waals surface area (Å²) in [7, 11) is 3.40. The highest BCUT2D eigenvalue weighted by Gasteiger charge is 2.20. The molecule has 1 aromatic rings. The summed E-state index contributed by atoms with van der Waals surface area (Å²) in [6.07, 6.45) is 1.09. The summed E-state index contributed by atoms with van der Waals surface area (Å²) >= 11 is 0. The smallest absolute Gasteiger partial charge is 0.126 e. The molecule has 0 saturated carbocycles. The summed E-state index contributed by atoms with van der Waals surface area (Å²) in [6, 6.07) is 4.04. The number of hydrogen-bond donors (Lipinski definition) is 1. The van der Waals surface area contributed by atoms with Crippen LogP contribution in [0.5, 0.6) is 11.5 Å². The number of ether oxygens (including phenoxy) is 2. The van der Waals surface area contributed by atoms with Gasteiger partial charge in [0.1, 0.15) is 11.5 Å². The predicted molar refractivity (Wildman–Crippen MR) is 64.3 cm³/mol. The number of aryl methyl sites for hydroxylation is 1.